The van der Waals surface area contributed by atoms with E-state index in [4.69, 9.17) is 16.3 Å². The molecule has 0 N–H and O–H groups in total. The van der Waals surface area contributed by atoms with Crippen molar-refractivity contribution in [2.45, 2.75) is 32.7 Å². The van der Waals surface area contributed by atoms with E-state index >= 15 is 0 Å². The van der Waals surface area contributed by atoms with E-state index in [0.717, 1.165) is 24.9 Å². The number of halogens is 1. The summed E-state index contributed by atoms with van der Waals surface area (Å²) in [6.45, 7) is 5.07. The Balaban J connectivity index is 2.12. The highest BCUT2D eigenvalue weighted by Crippen LogP contribution is 2.28. The van der Waals surface area contributed by atoms with E-state index in [9.17, 15) is 4.79 Å². The molecule has 21 heavy (non-hydrogen) atoms. The Labute approximate surface area is 131 Å². The minimum absolute atomic E-state index is 0.0632. The number of hydrogen-bond acceptors (Lipinski definition) is 2. The molecule has 3 nitrogen and oxygen atoms in total. The lowest BCUT2D eigenvalue weighted by Gasteiger charge is -2.22. The molecule has 0 aliphatic heterocycles. The van der Waals surface area contributed by atoms with Crippen LogP contribution in [0.1, 0.15) is 32.3 Å². The third-order valence-electron chi connectivity index (χ3n) is 3.43. The Bertz CT molecular complexity index is 536. The van der Waals surface area contributed by atoms with Crippen molar-refractivity contribution >= 4 is 23.6 Å². The van der Waals surface area contributed by atoms with Gasteiger partial charge in [0.05, 0.1) is 7.11 Å². The van der Waals surface area contributed by atoms with E-state index in [1.54, 1.807) is 37.5 Å². The van der Waals surface area contributed by atoms with Crippen LogP contribution in [-0.4, -0.2) is 30.5 Å². The molecular formula is C17H22ClNO2. The fourth-order valence-corrected chi connectivity index (χ4v) is 2.47. The molecule has 4 heteroatoms. The second-order valence-electron chi connectivity index (χ2n) is 5.84. The van der Waals surface area contributed by atoms with E-state index < -0.39 is 0 Å². The summed E-state index contributed by atoms with van der Waals surface area (Å²) in [5.41, 5.74) is 0.818. The summed E-state index contributed by atoms with van der Waals surface area (Å²) in [6.07, 6.45) is 5.64. The molecule has 1 aliphatic carbocycles. The Hall–Kier alpha value is -1.48. The molecule has 0 radical (unpaired) electrons. The van der Waals surface area contributed by atoms with Crippen molar-refractivity contribution in [1.29, 1.82) is 0 Å². The van der Waals surface area contributed by atoms with Crippen molar-refractivity contribution in [3.8, 4) is 5.75 Å². The van der Waals surface area contributed by atoms with E-state index in [0.29, 0.717) is 22.7 Å². The molecule has 0 bridgehead atoms. The number of rotatable bonds is 6. The highest BCUT2D eigenvalue weighted by molar-refractivity contribution is 6.30. The normalized spacial score (nSPS) is 14.7. The first kappa shape index (κ1) is 15.9. The minimum Gasteiger partial charge on any atom is -0.496 e. The summed E-state index contributed by atoms with van der Waals surface area (Å²) in [5.74, 6) is 1.25. The van der Waals surface area contributed by atoms with E-state index in [2.05, 4.69) is 13.8 Å². The van der Waals surface area contributed by atoms with Crippen LogP contribution in [0.4, 0.5) is 0 Å². The Morgan fingerprint density at radius 3 is 2.76 bits per heavy atom. The summed E-state index contributed by atoms with van der Waals surface area (Å²) >= 11 is 6.00. The lowest BCUT2D eigenvalue weighted by molar-refractivity contribution is -0.127. The van der Waals surface area contributed by atoms with Crippen LogP contribution in [0.2, 0.25) is 5.02 Å². The van der Waals surface area contributed by atoms with Crippen molar-refractivity contribution < 1.29 is 9.53 Å². The highest BCUT2D eigenvalue weighted by atomic mass is 35.5. The molecule has 0 spiro atoms. The molecule has 1 aliphatic rings. The van der Waals surface area contributed by atoms with Gasteiger partial charge in [0.15, 0.2) is 0 Å². The fourth-order valence-electron chi connectivity index (χ4n) is 2.29. The van der Waals surface area contributed by atoms with Crippen molar-refractivity contribution in [2.24, 2.45) is 5.92 Å². The standard InChI is InChI=1S/C17H22ClNO2/c1-12(2)11-19(15-6-7-15)17(20)9-4-13-10-14(18)5-8-16(13)21-3/h4-5,8-10,12,15H,6-7,11H2,1-3H3. The van der Waals surface area contributed by atoms with Gasteiger partial charge in [-0.15, -0.1) is 0 Å². The molecule has 0 atom stereocenters. The average molecular weight is 308 g/mol. The summed E-state index contributed by atoms with van der Waals surface area (Å²) in [6, 6.07) is 5.80. The molecule has 0 aromatic heterocycles. The largest absolute Gasteiger partial charge is 0.496 e. The zero-order chi connectivity index (χ0) is 15.4. The lowest BCUT2D eigenvalue weighted by atomic mass is 10.1. The van der Waals surface area contributed by atoms with Gasteiger partial charge in [-0.05, 0) is 43.0 Å². The van der Waals surface area contributed by atoms with Crippen LogP contribution in [-0.2, 0) is 4.79 Å². The first-order valence-electron chi connectivity index (χ1n) is 7.33. The van der Waals surface area contributed by atoms with Crippen LogP contribution in [0.15, 0.2) is 24.3 Å². The predicted octanol–water partition coefficient (Wildman–Crippen LogP) is 4.01. The van der Waals surface area contributed by atoms with Crippen LogP contribution < -0.4 is 4.74 Å². The van der Waals surface area contributed by atoms with Gasteiger partial charge in [0.1, 0.15) is 5.75 Å². The summed E-state index contributed by atoms with van der Waals surface area (Å²) in [5, 5.41) is 0.629. The third kappa shape index (κ3) is 4.50. The maximum absolute atomic E-state index is 12.4. The summed E-state index contributed by atoms with van der Waals surface area (Å²) in [7, 11) is 1.61. The Morgan fingerprint density at radius 1 is 1.48 bits per heavy atom. The first-order chi connectivity index (χ1) is 10.0. The first-order valence-corrected chi connectivity index (χ1v) is 7.71. The maximum atomic E-state index is 12.4. The van der Waals surface area contributed by atoms with Gasteiger partial charge in [-0.2, -0.15) is 0 Å². The van der Waals surface area contributed by atoms with E-state index in [1.807, 2.05) is 4.90 Å². The van der Waals surface area contributed by atoms with Crippen LogP contribution in [0.3, 0.4) is 0 Å². The second-order valence-corrected chi connectivity index (χ2v) is 6.27. The molecule has 0 saturated heterocycles. The SMILES string of the molecule is COc1ccc(Cl)cc1C=CC(=O)N(CC(C)C)C1CC1. The molecule has 1 fully saturated rings. The van der Waals surface area contributed by atoms with E-state index in [1.165, 1.54) is 0 Å². The number of nitrogens with zero attached hydrogens (tertiary/aromatic N) is 1. The Kier molecular flexibility index (Phi) is 5.29. The van der Waals surface area contributed by atoms with Crippen LogP contribution in [0.25, 0.3) is 6.08 Å². The third-order valence-corrected chi connectivity index (χ3v) is 3.66. The van der Waals surface area contributed by atoms with Gasteiger partial charge < -0.3 is 9.64 Å². The van der Waals surface area contributed by atoms with Crippen molar-refractivity contribution in [3.05, 3.63) is 34.9 Å². The number of ether oxygens (including phenoxy) is 1. The number of amides is 1. The molecule has 1 saturated carbocycles. The van der Waals surface area contributed by atoms with Crippen molar-refractivity contribution in [2.75, 3.05) is 13.7 Å². The van der Waals surface area contributed by atoms with Crippen LogP contribution in [0.5, 0.6) is 5.75 Å². The number of methoxy groups -OCH3 is 1. The van der Waals surface area contributed by atoms with Gasteiger partial charge in [-0.3, -0.25) is 4.79 Å². The minimum atomic E-state index is 0.0632. The number of carbonyl (C=O) groups is 1. The Morgan fingerprint density at radius 2 is 2.19 bits per heavy atom. The molecular weight excluding hydrogens is 286 g/mol. The van der Waals surface area contributed by atoms with Crippen molar-refractivity contribution in [1.82, 2.24) is 4.90 Å². The number of benzene rings is 1. The molecule has 1 aromatic rings. The monoisotopic (exact) mass is 307 g/mol. The zero-order valence-corrected chi connectivity index (χ0v) is 13.6. The highest BCUT2D eigenvalue weighted by Gasteiger charge is 2.31. The zero-order valence-electron chi connectivity index (χ0n) is 12.8. The van der Waals surface area contributed by atoms with Gasteiger partial charge in [0.25, 0.3) is 0 Å². The second kappa shape index (κ2) is 6.99. The van der Waals surface area contributed by atoms with E-state index in [-0.39, 0.29) is 5.91 Å². The van der Waals surface area contributed by atoms with Crippen molar-refractivity contribution in [3.63, 3.8) is 0 Å². The molecule has 0 unspecified atom stereocenters. The predicted molar refractivity (Wildman–Crippen MR) is 86.6 cm³/mol. The van der Waals surface area contributed by atoms with Gasteiger partial charge in [-0.1, -0.05) is 25.4 Å². The maximum Gasteiger partial charge on any atom is 0.246 e. The molecule has 1 aromatic carbocycles. The quantitative estimate of drug-likeness (QED) is 0.743. The van der Waals surface area contributed by atoms with Crippen LogP contribution >= 0.6 is 11.6 Å². The molecule has 1 amide bonds. The van der Waals surface area contributed by atoms with Gasteiger partial charge in [-0.25, -0.2) is 0 Å². The van der Waals surface area contributed by atoms with Gasteiger partial charge in [0, 0.05) is 29.2 Å². The fraction of sp³-hybridized carbons (Fsp3) is 0.471. The van der Waals surface area contributed by atoms with Gasteiger partial charge >= 0.3 is 0 Å². The number of hydrogen-bond donors (Lipinski definition) is 0. The molecule has 114 valence electrons. The summed E-state index contributed by atoms with van der Waals surface area (Å²) < 4.78 is 5.28. The van der Waals surface area contributed by atoms with Gasteiger partial charge in [0.2, 0.25) is 5.91 Å². The summed E-state index contributed by atoms with van der Waals surface area (Å²) in [4.78, 5) is 14.4. The smallest absolute Gasteiger partial charge is 0.246 e. The number of carbonyl (C=O) groups excluding carboxylic acids is 1. The molecule has 2 rings (SSSR count). The lowest BCUT2D eigenvalue weighted by Crippen LogP contribution is -2.34. The molecule has 0 heterocycles. The van der Waals surface area contributed by atoms with Crippen LogP contribution in [0, 0.1) is 5.92 Å². The topological polar surface area (TPSA) is 29.5 Å². The average Bonchev–Trinajstić information content (AvgIpc) is 3.26.